The molecule has 0 aliphatic heterocycles. The minimum atomic E-state index is -3.71. The topological polar surface area (TPSA) is 51.2 Å². The van der Waals surface area contributed by atoms with Gasteiger partial charge in [0.2, 0.25) is 0 Å². The van der Waals surface area contributed by atoms with Gasteiger partial charge in [0.25, 0.3) is 0 Å². The SMILES string of the molecule is CCc1ccc(C(=O)CS(=O)(=O)c2ccccc2Cl)s1. The average molecular weight is 329 g/mol. The molecule has 0 saturated heterocycles. The molecule has 0 N–H and O–H groups in total. The molecule has 0 saturated carbocycles. The second-order valence-corrected chi connectivity index (χ2v) is 7.77. The van der Waals surface area contributed by atoms with Crippen LogP contribution in [0.1, 0.15) is 21.5 Å². The summed E-state index contributed by atoms with van der Waals surface area (Å²) >= 11 is 7.21. The monoisotopic (exact) mass is 328 g/mol. The predicted molar refractivity (Wildman–Crippen MR) is 81.5 cm³/mol. The number of ketones is 1. The fourth-order valence-corrected chi connectivity index (χ4v) is 4.51. The van der Waals surface area contributed by atoms with Crippen molar-refractivity contribution in [1.82, 2.24) is 0 Å². The molecule has 0 unspecified atom stereocenters. The quantitative estimate of drug-likeness (QED) is 0.788. The lowest BCUT2D eigenvalue weighted by atomic mass is 10.3. The maximum Gasteiger partial charge on any atom is 0.188 e. The molecular weight excluding hydrogens is 316 g/mol. The minimum Gasteiger partial charge on any atom is -0.292 e. The molecule has 0 aliphatic carbocycles. The number of hydrogen-bond donors (Lipinski definition) is 0. The van der Waals surface area contributed by atoms with E-state index in [4.69, 9.17) is 11.6 Å². The number of carbonyl (C=O) groups is 1. The number of aryl methyl sites for hydroxylation is 1. The van der Waals surface area contributed by atoms with E-state index in [2.05, 4.69) is 0 Å². The van der Waals surface area contributed by atoms with Crippen molar-refractivity contribution >= 4 is 38.6 Å². The highest BCUT2D eigenvalue weighted by atomic mass is 35.5. The van der Waals surface area contributed by atoms with Crippen LogP contribution in [0, 0.1) is 0 Å². The average Bonchev–Trinajstić information content (AvgIpc) is 2.87. The highest BCUT2D eigenvalue weighted by molar-refractivity contribution is 7.92. The van der Waals surface area contributed by atoms with Gasteiger partial charge in [-0.05, 0) is 30.7 Å². The molecule has 0 atom stereocenters. The number of carbonyl (C=O) groups excluding carboxylic acids is 1. The van der Waals surface area contributed by atoms with Crippen LogP contribution in [0.5, 0.6) is 0 Å². The van der Waals surface area contributed by atoms with E-state index >= 15 is 0 Å². The third-order valence-electron chi connectivity index (χ3n) is 2.78. The van der Waals surface area contributed by atoms with Crippen molar-refractivity contribution in [1.29, 1.82) is 0 Å². The van der Waals surface area contributed by atoms with Gasteiger partial charge in [-0.25, -0.2) is 8.42 Å². The highest BCUT2D eigenvalue weighted by Crippen LogP contribution is 2.24. The van der Waals surface area contributed by atoms with Crippen LogP contribution in [-0.4, -0.2) is 20.0 Å². The van der Waals surface area contributed by atoms with Crippen LogP contribution in [0.15, 0.2) is 41.3 Å². The number of halogens is 1. The number of Topliss-reactive ketones (excluding diaryl/α,β-unsaturated/α-hetero) is 1. The van der Waals surface area contributed by atoms with E-state index in [1.165, 1.54) is 23.5 Å². The van der Waals surface area contributed by atoms with Crippen molar-refractivity contribution in [2.24, 2.45) is 0 Å². The molecule has 2 aromatic rings. The molecule has 0 spiro atoms. The summed E-state index contributed by atoms with van der Waals surface area (Å²) in [5.74, 6) is -0.949. The molecule has 1 aromatic carbocycles. The number of rotatable bonds is 5. The Balaban J connectivity index is 2.25. The molecule has 20 heavy (non-hydrogen) atoms. The molecule has 2 rings (SSSR count). The third-order valence-corrected chi connectivity index (χ3v) is 6.16. The van der Waals surface area contributed by atoms with E-state index in [0.717, 1.165) is 11.3 Å². The van der Waals surface area contributed by atoms with Crippen LogP contribution in [0.25, 0.3) is 0 Å². The van der Waals surface area contributed by atoms with Gasteiger partial charge < -0.3 is 0 Å². The molecule has 0 fully saturated rings. The zero-order chi connectivity index (χ0) is 14.8. The minimum absolute atomic E-state index is 0.00212. The molecule has 6 heteroatoms. The molecule has 3 nitrogen and oxygen atoms in total. The van der Waals surface area contributed by atoms with Crippen molar-refractivity contribution in [2.75, 3.05) is 5.75 Å². The largest absolute Gasteiger partial charge is 0.292 e. The summed E-state index contributed by atoms with van der Waals surface area (Å²) in [5.41, 5.74) is 0. The van der Waals surface area contributed by atoms with E-state index in [1.807, 2.05) is 13.0 Å². The third kappa shape index (κ3) is 3.29. The van der Waals surface area contributed by atoms with Crippen molar-refractivity contribution in [3.05, 3.63) is 51.2 Å². The Morgan fingerprint density at radius 1 is 1.20 bits per heavy atom. The Labute approximate surface area is 127 Å². The van der Waals surface area contributed by atoms with Gasteiger partial charge in [-0.3, -0.25) is 4.79 Å². The second-order valence-electron chi connectivity index (χ2n) is 4.23. The van der Waals surface area contributed by atoms with E-state index in [1.54, 1.807) is 18.2 Å². The van der Waals surface area contributed by atoms with Gasteiger partial charge in [0.05, 0.1) is 14.8 Å². The number of benzene rings is 1. The maximum atomic E-state index is 12.2. The Hall–Kier alpha value is -1.17. The molecule has 0 bridgehead atoms. The molecule has 0 aliphatic rings. The Kier molecular flexibility index (Phi) is 4.62. The lowest BCUT2D eigenvalue weighted by molar-refractivity contribution is 0.102. The summed E-state index contributed by atoms with van der Waals surface area (Å²) in [6.45, 7) is 1.99. The first-order valence-corrected chi connectivity index (χ1v) is 8.88. The standard InChI is InChI=1S/C14H13ClO3S2/c1-2-10-7-8-13(19-10)12(16)9-20(17,18)14-6-4-3-5-11(14)15/h3-8H,2,9H2,1H3. The number of hydrogen-bond acceptors (Lipinski definition) is 4. The van der Waals surface area contributed by atoms with Gasteiger partial charge in [0.15, 0.2) is 15.6 Å². The van der Waals surface area contributed by atoms with Gasteiger partial charge in [-0.2, -0.15) is 0 Å². The summed E-state index contributed by atoms with van der Waals surface area (Å²) in [6.07, 6.45) is 0.829. The van der Waals surface area contributed by atoms with Crippen LogP contribution in [0.2, 0.25) is 5.02 Å². The van der Waals surface area contributed by atoms with E-state index in [-0.39, 0.29) is 9.92 Å². The van der Waals surface area contributed by atoms with Crippen LogP contribution < -0.4 is 0 Å². The summed E-state index contributed by atoms with van der Waals surface area (Å²) < 4.78 is 24.4. The first kappa shape index (κ1) is 15.2. The van der Waals surface area contributed by atoms with E-state index in [0.29, 0.717) is 4.88 Å². The van der Waals surface area contributed by atoms with Crippen LogP contribution >= 0.6 is 22.9 Å². The predicted octanol–water partition coefficient (Wildman–Crippen LogP) is 3.62. The first-order chi connectivity index (χ1) is 9.44. The molecule has 0 radical (unpaired) electrons. The molecular formula is C14H13ClO3S2. The van der Waals surface area contributed by atoms with Crippen molar-refractivity contribution in [3.63, 3.8) is 0 Å². The number of sulfone groups is 1. The molecule has 106 valence electrons. The van der Waals surface area contributed by atoms with Crippen molar-refractivity contribution in [2.45, 2.75) is 18.2 Å². The fraction of sp³-hybridized carbons (Fsp3) is 0.214. The Morgan fingerprint density at radius 3 is 2.50 bits per heavy atom. The summed E-state index contributed by atoms with van der Waals surface area (Å²) in [6, 6.07) is 9.67. The van der Waals surface area contributed by atoms with Gasteiger partial charge in [0.1, 0.15) is 5.75 Å². The number of thiophene rings is 1. The normalized spacial score (nSPS) is 11.5. The summed E-state index contributed by atoms with van der Waals surface area (Å²) in [4.78, 5) is 13.6. The zero-order valence-corrected chi connectivity index (χ0v) is 13.2. The second kappa shape index (κ2) is 6.08. The van der Waals surface area contributed by atoms with Gasteiger partial charge in [-0.15, -0.1) is 11.3 Å². The fourth-order valence-electron chi connectivity index (χ4n) is 1.74. The van der Waals surface area contributed by atoms with Gasteiger partial charge >= 0.3 is 0 Å². The lowest BCUT2D eigenvalue weighted by Gasteiger charge is -2.04. The van der Waals surface area contributed by atoms with Crippen molar-refractivity contribution < 1.29 is 13.2 Å². The van der Waals surface area contributed by atoms with Crippen LogP contribution in [0.4, 0.5) is 0 Å². The van der Waals surface area contributed by atoms with Gasteiger partial charge in [-0.1, -0.05) is 30.7 Å². The van der Waals surface area contributed by atoms with Crippen LogP contribution in [-0.2, 0) is 16.3 Å². The molecule has 0 amide bonds. The summed E-state index contributed by atoms with van der Waals surface area (Å²) in [7, 11) is -3.71. The summed E-state index contributed by atoms with van der Waals surface area (Å²) in [5, 5.41) is 0.140. The van der Waals surface area contributed by atoms with Crippen molar-refractivity contribution in [3.8, 4) is 0 Å². The Morgan fingerprint density at radius 2 is 1.90 bits per heavy atom. The van der Waals surface area contributed by atoms with Crippen LogP contribution in [0.3, 0.4) is 0 Å². The van der Waals surface area contributed by atoms with E-state index in [9.17, 15) is 13.2 Å². The highest BCUT2D eigenvalue weighted by Gasteiger charge is 2.23. The Bertz CT molecular complexity index is 732. The van der Waals surface area contributed by atoms with E-state index < -0.39 is 21.4 Å². The first-order valence-electron chi connectivity index (χ1n) is 6.03. The smallest absolute Gasteiger partial charge is 0.188 e. The molecule has 1 aromatic heterocycles. The van der Waals surface area contributed by atoms with Gasteiger partial charge in [0, 0.05) is 4.88 Å². The maximum absolute atomic E-state index is 12.2. The zero-order valence-electron chi connectivity index (χ0n) is 10.8. The lowest BCUT2D eigenvalue weighted by Crippen LogP contribution is -2.15. The molecule has 1 heterocycles.